The second-order valence-corrected chi connectivity index (χ2v) is 3.38. The average molecular weight is 201 g/mol. The third-order valence-corrected chi connectivity index (χ3v) is 2.29. The second-order valence-electron chi connectivity index (χ2n) is 3.38. The fraction of sp³-hybridized carbons (Fsp3) is 0.625. The van der Waals surface area contributed by atoms with Crippen molar-refractivity contribution in [3.63, 3.8) is 0 Å². The first-order valence-corrected chi connectivity index (χ1v) is 4.18. The topological polar surface area (TPSA) is 94.9 Å². The Balaban J connectivity index is 2.81. The van der Waals surface area contributed by atoms with E-state index in [0.717, 1.165) is 4.90 Å². The lowest BCUT2D eigenvalue weighted by Gasteiger charge is -2.31. The van der Waals surface area contributed by atoms with Crippen molar-refractivity contribution in [2.45, 2.75) is 6.92 Å². The van der Waals surface area contributed by atoms with Crippen LogP contribution in [0.15, 0.2) is 0 Å². The lowest BCUT2D eigenvalue weighted by atomic mass is 9.89. The molecule has 1 aliphatic heterocycles. The molecular weight excluding hydrogens is 190 g/mol. The first-order valence-electron chi connectivity index (χ1n) is 4.18. The molecule has 0 aromatic rings. The SMILES string of the molecule is CC1CN(C(=O)O)CC(C(=O)O)C1=O. The Hall–Kier alpha value is -1.59. The van der Waals surface area contributed by atoms with Crippen molar-refractivity contribution in [3.05, 3.63) is 0 Å². The number of piperidine rings is 1. The molecule has 2 unspecified atom stereocenters. The quantitative estimate of drug-likeness (QED) is 0.577. The van der Waals surface area contributed by atoms with E-state index in [9.17, 15) is 14.4 Å². The highest BCUT2D eigenvalue weighted by Gasteiger charge is 2.38. The zero-order chi connectivity index (χ0) is 10.9. The van der Waals surface area contributed by atoms with Gasteiger partial charge in [-0.15, -0.1) is 0 Å². The number of carbonyl (C=O) groups excluding carboxylic acids is 1. The van der Waals surface area contributed by atoms with Crippen molar-refractivity contribution < 1.29 is 24.6 Å². The summed E-state index contributed by atoms with van der Waals surface area (Å²) in [6.07, 6.45) is -1.18. The van der Waals surface area contributed by atoms with Gasteiger partial charge in [0.1, 0.15) is 5.92 Å². The van der Waals surface area contributed by atoms with E-state index < -0.39 is 29.7 Å². The molecule has 2 N–H and O–H groups in total. The zero-order valence-electron chi connectivity index (χ0n) is 7.64. The lowest BCUT2D eigenvalue weighted by Crippen LogP contribution is -2.50. The monoisotopic (exact) mass is 201 g/mol. The summed E-state index contributed by atoms with van der Waals surface area (Å²) in [5, 5.41) is 17.3. The Morgan fingerprint density at radius 2 is 1.93 bits per heavy atom. The van der Waals surface area contributed by atoms with Gasteiger partial charge in [-0.3, -0.25) is 9.59 Å². The molecule has 2 atom stereocenters. The van der Waals surface area contributed by atoms with Crippen LogP contribution in [-0.4, -0.2) is 46.0 Å². The highest BCUT2D eigenvalue weighted by Crippen LogP contribution is 2.18. The van der Waals surface area contributed by atoms with E-state index in [4.69, 9.17) is 10.2 Å². The summed E-state index contributed by atoms with van der Waals surface area (Å²) in [4.78, 5) is 33.5. The Kier molecular flexibility index (Phi) is 2.73. The molecule has 0 saturated carbocycles. The number of Topliss-reactive ketones (excluding diaryl/α,β-unsaturated/α-hetero) is 1. The highest BCUT2D eigenvalue weighted by molar-refractivity contribution is 6.00. The van der Waals surface area contributed by atoms with Gasteiger partial charge < -0.3 is 15.1 Å². The molecule has 0 radical (unpaired) electrons. The minimum Gasteiger partial charge on any atom is -0.481 e. The van der Waals surface area contributed by atoms with Gasteiger partial charge in [0.25, 0.3) is 0 Å². The Morgan fingerprint density at radius 3 is 2.36 bits per heavy atom. The molecule has 1 fully saturated rings. The number of hydrogen-bond donors (Lipinski definition) is 2. The Bertz CT molecular complexity index is 287. The van der Waals surface area contributed by atoms with Crippen LogP contribution in [-0.2, 0) is 9.59 Å². The number of amides is 1. The van der Waals surface area contributed by atoms with E-state index in [0.29, 0.717) is 0 Å². The van der Waals surface area contributed by atoms with Crippen LogP contribution in [0.25, 0.3) is 0 Å². The van der Waals surface area contributed by atoms with E-state index in [1.807, 2.05) is 0 Å². The van der Waals surface area contributed by atoms with Crippen LogP contribution in [0, 0.1) is 11.8 Å². The van der Waals surface area contributed by atoms with Gasteiger partial charge >= 0.3 is 12.1 Å². The van der Waals surface area contributed by atoms with Crippen molar-refractivity contribution in [2.24, 2.45) is 11.8 Å². The third-order valence-electron chi connectivity index (χ3n) is 2.29. The van der Waals surface area contributed by atoms with Crippen LogP contribution in [0.3, 0.4) is 0 Å². The molecular formula is C8H11NO5. The zero-order valence-corrected chi connectivity index (χ0v) is 7.64. The Morgan fingerprint density at radius 1 is 1.36 bits per heavy atom. The molecule has 14 heavy (non-hydrogen) atoms. The molecule has 0 bridgehead atoms. The number of aliphatic carboxylic acids is 1. The van der Waals surface area contributed by atoms with Gasteiger partial charge in [-0.25, -0.2) is 4.79 Å². The maximum Gasteiger partial charge on any atom is 0.407 e. The average Bonchev–Trinajstić information content (AvgIpc) is 2.08. The highest BCUT2D eigenvalue weighted by atomic mass is 16.4. The largest absolute Gasteiger partial charge is 0.481 e. The summed E-state index contributed by atoms with van der Waals surface area (Å²) < 4.78 is 0. The van der Waals surface area contributed by atoms with Crippen LogP contribution in [0.4, 0.5) is 4.79 Å². The molecule has 0 aromatic carbocycles. The van der Waals surface area contributed by atoms with Crippen LogP contribution in [0.5, 0.6) is 0 Å². The Labute approximate surface area is 80.1 Å². The van der Waals surface area contributed by atoms with Crippen LogP contribution < -0.4 is 0 Å². The molecule has 1 aliphatic rings. The van der Waals surface area contributed by atoms with Crippen LogP contribution in [0.1, 0.15) is 6.92 Å². The fourth-order valence-electron chi connectivity index (χ4n) is 1.50. The fourth-order valence-corrected chi connectivity index (χ4v) is 1.50. The van der Waals surface area contributed by atoms with Gasteiger partial charge in [0.2, 0.25) is 0 Å². The number of rotatable bonds is 1. The molecule has 1 amide bonds. The summed E-state index contributed by atoms with van der Waals surface area (Å²) in [5.41, 5.74) is 0. The molecule has 1 saturated heterocycles. The van der Waals surface area contributed by atoms with Crippen molar-refractivity contribution in [2.75, 3.05) is 13.1 Å². The number of nitrogens with zero attached hydrogens (tertiary/aromatic N) is 1. The van der Waals surface area contributed by atoms with E-state index in [-0.39, 0.29) is 13.1 Å². The van der Waals surface area contributed by atoms with Crippen molar-refractivity contribution >= 4 is 17.8 Å². The first kappa shape index (κ1) is 10.5. The summed E-state index contributed by atoms with van der Waals surface area (Å²) in [7, 11) is 0. The molecule has 0 spiro atoms. The third kappa shape index (κ3) is 1.84. The van der Waals surface area contributed by atoms with E-state index >= 15 is 0 Å². The number of ketones is 1. The van der Waals surface area contributed by atoms with Crippen molar-refractivity contribution in [3.8, 4) is 0 Å². The minimum atomic E-state index is -1.26. The number of carbonyl (C=O) groups is 3. The van der Waals surface area contributed by atoms with Crippen molar-refractivity contribution in [1.29, 1.82) is 0 Å². The van der Waals surface area contributed by atoms with Crippen LogP contribution >= 0.6 is 0 Å². The predicted octanol–water partition coefficient (Wildman–Crippen LogP) is -0.114. The van der Waals surface area contributed by atoms with Gasteiger partial charge in [0.05, 0.1) is 0 Å². The minimum absolute atomic E-state index is 0.0813. The van der Waals surface area contributed by atoms with Gasteiger partial charge in [0.15, 0.2) is 5.78 Å². The normalized spacial score (nSPS) is 27.5. The molecule has 6 heteroatoms. The van der Waals surface area contributed by atoms with Crippen LogP contribution in [0.2, 0.25) is 0 Å². The smallest absolute Gasteiger partial charge is 0.407 e. The standard InChI is InChI=1S/C8H11NO5/c1-4-2-9(8(13)14)3-5(6(4)10)7(11)12/h4-5H,2-3H2,1H3,(H,11,12)(H,13,14). The summed E-state index contributed by atoms with van der Waals surface area (Å²) in [6.45, 7) is 1.37. The number of hydrogen-bond acceptors (Lipinski definition) is 3. The second kappa shape index (κ2) is 3.65. The van der Waals surface area contributed by atoms with E-state index in [1.165, 1.54) is 6.92 Å². The first-order chi connectivity index (χ1) is 6.43. The van der Waals surface area contributed by atoms with Gasteiger partial charge in [0, 0.05) is 19.0 Å². The number of carboxylic acid groups (broad SMARTS) is 2. The summed E-state index contributed by atoms with van der Waals surface area (Å²) in [5.74, 6) is -3.40. The molecule has 78 valence electrons. The van der Waals surface area contributed by atoms with Crippen molar-refractivity contribution in [1.82, 2.24) is 4.90 Å². The number of carboxylic acids is 1. The predicted molar refractivity (Wildman–Crippen MR) is 44.9 cm³/mol. The molecule has 0 aliphatic carbocycles. The van der Waals surface area contributed by atoms with Gasteiger partial charge in [-0.1, -0.05) is 6.92 Å². The molecule has 0 aromatic heterocycles. The van der Waals surface area contributed by atoms with Gasteiger partial charge in [-0.2, -0.15) is 0 Å². The van der Waals surface area contributed by atoms with E-state index in [1.54, 1.807) is 0 Å². The molecule has 1 rings (SSSR count). The maximum absolute atomic E-state index is 11.3. The molecule has 1 heterocycles. The maximum atomic E-state index is 11.3. The van der Waals surface area contributed by atoms with Gasteiger partial charge in [-0.05, 0) is 0 Å². The summed E-state index contributed by atoms with van der Waals surface area (Å²) >= 11 is 0. The lowest BCUT2D eigenvalue weighted by molar-refractivity contribution is -0.150. The molecule has 6 nitrogen and oxygen atoms in total. The summed E-state index contributed by atoms with van der Waals surface area (Å²) in [6, 6.07) is 0. The van der Waals surface area contributed by atoms with E-state index in [2.05, 4.69) is 0 Å². The number of likely N-dealkylation sites (tertiary alicyclic amines) is 1.